The van der Waals surface area contributed by atoms with Crippen molar-refractivity contribution < 1.29 is 9.84 Å². The summed E-state index contributed by atoms with van der Waals surface area (Å²) in [6.45, 7) is 2.88. The lowest BCUT2D eigenvalue weighted by Crippen LogP contribution is -2.50. The van der Waals surface area contributed by atoms with Crippen LogP contribution in [0.25, 0.3) is 0 Å². The first kappa shape index (κ1) is 9.73. The van der Waals surface area contributed by atoms with Gasteiger partial charge in [-0.2, -0.15) is 0 Å². The fraction of sp³-hybridized carbons (Fsp3) is 0.889. The van der Waals surface area contributed by atoms with Gasteiger partial charge in [0.1, 0.15) is 0 Å². The first-order chi connectivity index (χ1) is 6.77. The number of nitrogens with one attached hydrogen (secondary N) is 1. The van der Waals surface area contributed by atoms with Crippen molar-refractivity contribution in [1.29, 1.82) is 0 Å². The van der Waals surface area contributed by atoms with Gasteiger partial charge in [-0.25, -0.2) is 0 Å². The number of aliphatic imine (C=N–C) groups is 1. The summed E-state index contributed by atoms with van der Waals surface area (Å²) in [5, 5.41) is 12.8. The Morgan fingerprint density at radius 1 is 1.57 bits per heavy atom. The van der Waals surface area contributed by atoms with Crippen molar-refractivity contribution in [3.8, 4) is 0 Å². The maximum Gasteiger partial charge on any atom is 0.194 e. The predicted molar refractivity (Wildman–Crippen MR) is 53.3 cm³/mol. The van der Waals surface area contributed by atoms with E-state index in [0.717, 1.165) is 25.5 Å². The van der Waals surface area contributed by atoms with Crippen LogP contribution in [-0.4, -0.2) is 61.5 Å². The second kappa shape index (κ2) is 4.14. The van der Waals surface area contributed by atoms with Crippen molar-refractivity contribution in [2.75, 3.05) is 33.4 Å². The van der Waals surface area contributed by atoms with Crippen LogP contribution in [0.1, 0.15) is 6.42 Å². The SMILES string of the molecule is CN1CCCN=C1N[C@@H]1COC[C@H]1O. The summed E-state index contributed by atoms with van der Waals surface area (Å²) >= 11 is 0. The van der Waals surface area contributed by atoms with Crippen molar-refractivity contribution in [2.45, 2.75) is 18.6 Å². The van der Waals surface area contributed by atoms with E-state index in [1.54, 1.807) is 0 Å². The minimum atomic E-state index is -0.409. The van der Waals surface area contributed by atoms with Gasteiger partial charge in [-0.1, -0.05) is 0 Å². The molecule has 80 valence electrons. The zero-order valence-electron chi connectivity index (χ0n) is 8.44. The molecule has 0 aromatic heterocycles. The van der Waals surface area contributed by atoms with E-state index < -0.39 is 6.10 Å². The van der Waals surface area contributed by atoms with Gasteiger partial charge in [0.15, 0.2) is 5.96 Å². The van der Waals surface area contributed by atoms with E-state index in [1.807, 2.05) is 7.05 Å². The molecule has 2 N–H and O–H groups in total. The largest absolute Gasteiger partial charge is 0.388 e. The molecule has 2 aliphatic heterocycles. The number of rotatable bonds is 1. The van der Waals surface area contributed by atoms with Crippen LogP contribution < -0.4 is 5.32 Å². The molecule has 0 spiro atoms. The lowest BCUT2D eigenvalue weighted by atomic mass is 10.2. The number of aliphatic hydroxyl groups excluding tert-OH is 1. The minimum Gasteiger partial charge on any atom is -0.388 e. The molecule has 2 aliphatic rings. The first-order valence-corrected chi connectivity index (χ1v) is 5.05. The Hall–Kier alpha value is -0.810. The van der Waals surface area contributed by atoms with E-state index in [0.29, 0.717) is 13.2 Å². The first-order valence-electron chi connectivity index (χ1n) is 5.05. The molecular weight excluding hydrogens is 182 g/mol. The highest BCUT2D eigenvalue weighted by Gasteiger charge is 2.28. The zero-order chi connectivity index (χ0) is 9.97. The molecule has 14 heavy (non-hydrogen) atoms. The number of ether oxygens (including phenoxy) is 1. The third kappa shape index (κ3) is 1.99. The molecule has 0 radical (unpaired) electrons. The Bertz CT molecular complexity index is 232. The van der Waals surface area contributed by atoms with Gasteiger partial charge in [0, 0.05) is 20.1 Å². The van der Waals surface area contributed by atoms with Gasteiger partial charge in [0.2, 0.25) is 0 Å². The smallest absolute Gasteiger partial charge is 0.194 e. The molecule has 0 aromatic rings. The summed E-state index contributed by atoms with van der Waals surface area (Å²) in [5.41, 5.74) is 0. The van der Waals surface area contributed by atoms with E-state index in [1.165, 1.54) is 0 Å². The van der Waals surface area contributed by atoms with Gasteiger partial charge in [0.05, 0.1) is 25.4 Å². The Morgan fingerprint density at radius 2 is 2.43 bits per heavy atom. The Morgan fingerprint density at radius 3 is 3.07 bits per heavy atom. The molecule has 1 saturated heterocycles. The Kier molecular flexibility index (Phi) is 2.88. The summed E-state index contributed by atoms with van der Waals surface area (Å²) in [6, 6.07) is -0.00528. The van der Waals surface area contributed by atoms with Crippen LogP contribution in [0.5, 0.6) is 0 Å². The van der Waals surface area contributed by atoms with Crippen molar-refractivity contribution >= 4 is 5.96 Å². The molecule has 0 amide bonds. The van der Waals surface area contributed by atoms with Crippen LogP contribution in [0.15, 0.2) is 4.99 Å². The lowest BCUT2D eigenvalue weighted by Gasteiger charge is -2.28. The highest BCUT2D eigenvalue weighted by molar-refractivity contribution is 5.80. The quantitative estimate of drug-likeness (QED) is 0.570. The van der Waals surface area contributed by atoms with Gasteiger partial charge >= 0.3 is 0 Å². The second-order valence-electron chi connectivity index (χ2n) is 3.84. The molecule has 0 aromatic carbocycles. The monoisotopic (exact) mass is 199 g/mol. The van der Waals surface area contributed by atoms with Crippen LogP contribution in [0.3, 0.4) is 0 Å². The Balaban J connectivity index is 1.92. The normalized spacial score (nSPS) is 33.0. The van der Waals surface area contributed by atoms with Crippen molar-refractivity contribution in [1.82, 2.24) is 10.2 Å². The summed E-state index contributed by atoms with van der Waals surface area (Å²) in [6.07, 6.45) is 0.693. The molecule has 1 fully saturated rings. The van der Waals surface area contributed by atoms with Gasteiger partial charge in [0.25, 0.3) is 0 Å². The predicted octanol–water partition coefficient (Wildman–Crippen LogP) is -0.973. The minimum absolute atomic E-state index is 0.00528. The van der Waals surface area contributed by atoms with E-state index in [2.05, 4.69) is 15.2 Å². The van der Waals surface area contributed by atoms with Crippen LogP contribution in [-0.2, 0) is 4.74 Å². The molecule has 0 bridgehead atoms. The second-order valence-corrected chi connectivity index (χ2v) is 3.84. The number of nitrogens with zero attached hydrogens (tertiary/aromatic N) is 2. The number of aliphatic hydroxyl groups is 1. The van der Waals surface area contributed by atoms with Gasteiger partial charge < -0.3 is 20.1 Å². The average molecular weight is 199 g/mol. The van der Waals surface area contributed by atoms with Crippen molar-refractivity contribution in [2.24, 2.45) is 4.99 Å². The van der Waals surface area contributed by atoms with E-state index >= 15 is 0 Å². The zero-order valence-corrected chi connectivity index (χ0v) is 8.44. The molecule has 2 rings (SSSR count). The molecule has 0 saturated carbocycles. The van der Waals surface area contributed by atoms with Gasteiger partial charge in [-0.15, -0.1) is 0 Å². The highest BCUT2D eigenvalue weighted by atomic mass is 16.5. The standard InChI is InChI=1S/C9H17N3O2/c1-12-4-2-3-10-9(12)11-7-5-14-6-8(7)13/h7-8,13H,2-6H2,1H3,(H,10,11)/t7-,8-/m1/s1. The van der Waals surface area contributed by atoms with Crippen LogP contribution in [0, 0.1) is 0 Å². The number of hydrogen-bond acceptors (Lipinski definition) is 5. The maximum atomic E-state index is 9.54. The average Bonchev–Trinajstić information content (AvgIpc) is 2.56. The lowest BCUT2D eigenvalue weighted by molar-refractivity contribution is 0.123. The topological polar surface area (TPSA) is 57.1 Å². The number of guanidine groups is 1. The molecular formula is C9H17N3O2. The van der Waals surface area contributed by atoms with Crippen LogP contribution in [0.4, 0.5) is 0 Å². The molecule has 2 heterocycles. The fourth-order valence-corrected chi connectivity index (χ4v) is 1.72. The van der Waals surface area contributed by atoms with Gasteiger partial charge in [-0.3, -0.25) is 4.99 Å². The Labute approximate surface area is 83.8 Å². The summed E-state index contributed by atoms with van der Waals surface area (Å²) in [7, 11) is 2.01. The molecule has 2 atom stereocenters. The van der Waals surface area contributed by atoms with Crippen molar-refractivity contribution in [3.05, 3.63) is 0 Å². The third-order valence-electron chi connectivity index (χ3n) is 2.64. The molecule has 0 unspecified atom stereocenters. The van der Waals surface area contributed by atoms with Crippen LogP contribution in [0.2, 0.25) is 0 Å². The maximum absolute atomic E-state index is 9.54. The van der Waals surface area contributed by atoms with Crippen molar-refractivity contribution in [3.63, 3.8) is 0 Å². The summed E-state index contributed by atoms with van der Waals surface area (Å²) in [5.74, 6) is 0.880. The summed E-state index contributed by atoms with van der Waals surface area (Å²) in [4.78, 5) is 6.45. The molecule has 5 nitrogen and oxygen atoms in total. The molecule has 5 heteroatoms. The number of hydrogen-bond donors (Lipinski definition) is 2. The molecule has 0 aliphatic carbocycles. The summed E-state index contributed by atoms with van der Waals surface area (Å²) < 4.78 is 5.16. The van der Waals surface area contributed by atoms with E-state index in [9.17, 15) is 5.11 Å². The van der Waals surface area contributed by atoms with E-state index in [4.69, 9.17) is 4.74 Å². The van der Waals surface area contributed by atoms with Gasteiger partial charge in [-0.05, 0) is 6.42 Å². The van der Waals surface area contributed by atoms with E-state index in [-0.39, 0.29) is 6.04 Å². The fourth-order valence-electron chi connectivity index (χ4n) is 1.72. The third-order valence-corrected chi connectivity index (χ3v) is 2.64. The van der Waals surface area contributed by atoms with Crippen LogP contribution >= 0.6 is 0 Å². The highest BCUT2D eigenvalue weighted by Crippen LogP contribution is 2.07.